The van der Waals surface area contributed by atoms with Crippen LogP contribution >= 0.6 is 0 Å². The number of aromatic nitrogens is 1. The topological polar surface area (TPSA) is 50.2 Å². The van der Waals surface area contributed by atoms with Crippen molar-refractivity contribution in [2.45, 2.75) is 18.3 Å². The van der Waals surface area contributed by atoms with Gasteiger partial charge in [0.2, 0.25) is 0 Å². The zero-order valence-corrected chi connectivity index (χ0v) is 11.3. The fraction of sp³-hybridized carbons (Fsp3) is 0.176. The molecule has 0 bridgehead atoms. The van der Waals surface area contributed by atoms with Gasteiger partial charge in [-0.25, -0.2) is 4.39 Å². The Hall–Kier alpha value is -2.49. The molecule has 0 spiro atoms. The summed E-state index contributed by atoms with van der Waals surface area (Å²) in [6.45, 7) is 0. The Kier molecular flexibility index (Phi) is 3.29. The second kappa shape index (κ2) is 5.13. The third kappa shape index (κ3) is 2.33. The molecule has 0 saturated heterocycles. The van der Waals surface area contributed by atoms with E-state index in [9.17, 15) is 14.3 Å². The largest absolute Gasteiger partial charge is 0.480 e. The predicted molar refractivity (Wildman–Crippen MR) is 77.2 cm³/mol. The van der Waals surface area contributed by atoms with E-state index in [4.69, 9.17) is 0 Å². The molecule has 0 saturated carbocycles. The summed E-state index contributed by atoms with van der Waals surface area (Å²) in [7, 11) is 0. The van der Waals surface area contributed by atoms with Gasteiger partial charge in [-0.2, -0.15) is 0 Å². The minimum Gasteiger partial charge on any atom is -0.480 e. The quantitative estimate of drug-likeness (QED) is 0.939. The van der Waals surface area contributed by atoms with Crippen LogP contribution in [0.5, 0.6) is 0 Å². The number of carboxylic acid groups (broad SMARTS) is 1. The van der Waals surface area contributed by atoms with Gasteiger partial charge in [0.25, 0.3) is 0 Å². The molecule has 1 aromatic heterocycles. The summed E-state index contributed by atoms with van der Waals surface area (Å²) in [5.41, 5.74) is 1.18. The minimum atomic E-state index is -1.04. The SMILES string of the molecule is O=C(O)C1(c2ccccc2)C=C(c2cncc(F)c2)CC1. The molecule has 4 heteroatoms. The molecule has 1 N–H and O–H groups in total. The van der Waals surface area contributed by atoms with Crippen LogP contribution in [0.3, 0.4) is 0 Å². The number of nitrogens with zero attached hydrogens (tertiary/aromatic N) is 1. The smallest absolute Gasteiger partial charge is 0.318 e. The highest BCUT2D eigenvalue weighted by molar-refractivity contribution is 5.89. The van der Waals surface area contributed by atoms with Crippen LogP contribution in [0.1, 0.15) is 24.0 Å². The maximum atomic E-state index is 13.3. The summed E-state index contributed by atoms with van der Waals surface area (Å²) in [5.74, 6) is -1.30. The van der Waals surface area contributed by atoms with Crippen LogP contribution in [-0.2, 0) is 10.2 Å². The van der Waals surface area contributed by atoms with Crippen LogP contribution in [0.25, 0.3) is 5.57 Å². The maximum Gasteiger partial charge on any atom is 0.318 e. The van der Waals surface area contributed by atoms with E-state index in [0.717, 1.165) is 17.3 Å². The molecular formula is C17H14FNO2. The van der Waals surface area contributed by atoms with E-state index in [0.29, 0.717) is 18.4 Å². The van der Waals surface area contributed by atoms with Crippen molar-refractivity contribution in [1.29, 1.82) is 0 Å². The lowest BCUT2D eigenvalue weighted by Gasteiger charge is -2.22. The van der Waals surface area contributed by atoms with E-state index in [1.807, 2.05) is 30.3 Å². The van der Waals surface area contributed by atoms with E-state index in [1.165, 1.54) is 6.07 Å². The summed E-state index contributed by atoms with van der Waals surface area (Å²) < 4.78 is 13.3. The molecule has 0 amide bonds. The first-order valence-corrected chi connectivity index (χ1v) is 6.73. The van der Waals surface area contributed by atoms with Gasteiger partial charge in [-0.15, -0.1) is 0 Å². The maximum absolute atomic E-state index is 13.3. The Balaban J connectivity index is 2.07. The van der Waals surface area contributed by atoms with Crippen molar-refractivity contribution < 1.29 is 14.3 Å². The van der Waals surface area contributed by atoms with E-state index in [-0.39, 0.29) is 0 Å². The van der Waals surface area contributed by atoms with Gasteiger partial charge >= 0.3 is 5.97 Å². The van der Waals surface area contributed by atoms with Crippen molar-refractivity contribution in [1.82, 2.24) is 4.98 Å². The van der Waals surface area contributed by atoms with Crippen LogP contribution in [0, 0.1) is 5.82 Å². The summed E-state index contributed by atoms with van der Waals surface area (Å²) in [6.07, 6.45) is 5.50. The third-order valence-corrected chi connectivity index (χ3v) is 3.96. The Morgan fingerprint density at radius 1 is 1.24 bits per heavy atom. The normalized spacial score (nSPS) is 21.1. The van der Waals surface area contributed by atoms with Crippen LogP contribution in [-0.4, -0.2) is 16.1 Å². The zero-order valence-electron chi connectivity index (χ0n) is 11.3. The van der Waals surface area contributed by atoms with E-state index in [1.54, 1.807) is 12.3 Å². The molecule has 3 nitrogen and oxygen atoms in total. The van der Waals surface area contributed by atoms with E-state index in [2.05, 4.69) is 4.98 Å². The summed E-state index contributed by atoms with van der Waals surface area (Å²) >= 11 is 0. The lowest BCUT2D eigenvalue weighted by molar-refractivity contribution is -0.141. The lowest BCUT2D eigenvalue weighted by Crippen LogP contribution is -2.31. The van der Waals surface area contributed by atoms with Crippen LogP contribution in [0.2, 0.25) is 0 Å². The first-order valence-electron chi connectivity index (χ1n) is 6.73. The van der Waals surface area contributed by atoms with Crippen molar-refractivity contribution in [3.63, 3.8) is 0 Å². The molecule has 1 aliphatic rings. The summed E-state index contributed by atoms with van der Waals surface area (Å²) in [6, 6.07) is 10.5. The van der Waals surface area contributed by atoms with Gasteiger partial charge in [-0.1, -0.05) is 36.4 Å². The van der Waals surface area contributed by atoms with Gasteiger partial charge in [-0.3, -0.25) is 9.78 Å². The minimum absolute atomic E-state index is 0.416. The second-order valence-electron chi connectivity index (χ2n) is 5.20. The molecule has 21 heavy (non-hydrogen) atoms. The molecule has 1 heterocycles. The number of carbonyl (C=O) groups is 1. The molecule has 1 unspecified atom stereocenters. The average Bonchev–Trinajstić information content (AvgIpc) is 2.95. The number of hydrogen-bond donors (Lipinski definition) is 1. The molecule has 1 aromatic carbocycles. The van der Waals surface area contributed by atoms with Gasteiger partial charge in [0, 0.05) is 6.20 Å². The van der Waals surface area contributed by atoms with Gasteiger partial charge in [0.15, 0.2) is 0 Å². The number of hydrogen-bond acceptors (Lipinski definition) is 2. The first kappa shape index (κ1) is 13.5. The van der Waals surface area contributed by atoms with E-state index >= 15 is 0 Å². The van der Waals surface area contributed by atoms with Gasteiger partial charge in [0.1, 0.15) is 11.2 Å². The number of rotatable bonds is 3. The Morgan fingerprint density at radius 3 is 2.67 bits per heavy atom. The monoisotopic (exact) mass is 283 g/mol. The molecule has 1 atom stereocenters. The molecule has 0 fully saturated rings. The van der Waals surface area contributed by atoms with Gasteiger partial charge < -0.3 is 5.11 Å². The number of allylic oxidation sites excluding steroid dienone is 1. The van der Waals surface area contributed by atoms with Crippen molar-refractivity contribution in [3.8, 4) is 0 Å². The summed E-state index contributed by atoms with van der Waals surface area (Å²) in [5, 5.41) is 9.70. The molecule has 106 valence electrons. The fourth-order valence-electron chi connectivity index (χ4n) is 2.84. The third-order valence-electron chi connectivity index (χ3n) is 3.96. The lowest BCUT2D eigenvalue weighted by atomic mass is 9.80. The van der Waals surface area contributed by atoms with Gasteiger partial charge in [-0.05, 0) is 35.6 Å². The van der Waals surface area contributed by atoms with Crippen molar-refractivity contribution >= 4 is 11.5 Å². The number of aliphatic carboxylic acids is 1. The number of halogens is 1. The fourth-order valence-corrected chi connectivity index (χ4v) is 2.84. The highest BCUT2D eigenvalue weighted by Gasteiger charge is 2.42. The highest BCUT2D eigenvalue weighted by Crippen LogP contribution is 2.42. The predicted octanol–water partition coefficient (Wildman–Crippen LogP) is 3.42. The Morgan fingerprint density at radius 2 is 2.00 bits per heavy atom. The molecule has 3 rings (SSSR count). The molecular weight excluding hydrogens is 269 g/mol. The van der Waals surface area contributed by atoms with E-state index < -0.39 is 17.2 Å². The Labute approximate surface area is 121 Å². The second-order valence-corrected chi connectivity index (χ2v) is 5.20. The molecule has 0 radical (unpaired) electrons. The van der Waals surface area contributed by atoms with Crippen LogP contribution in [0.15, 0.2) is 54.9 Å². The molecule has 1 aliphatic carbocycles. The Bertz CT molecular complexity index is 712. The van der Waals surface area contributed by atoms with Gasteiger partial charge in [0.05, 0.1) is 6.20 Å². The summed E-state index contributed by atoms with van der Waals surface area (Å²) in [4.78, 5) is 15.7. The molecule has 2 aromatic rings. The van der Waals surface area contributed by atoms with Crippen molar-refractivity contribution in [2.24, 2.45) is 0 Å². The zero-order chi connectivity index (χ0) is 14.9. The molecule has 0 aliphatic heterocycles. The standard InChI is InChI=1S/C17H14FNO2/c18-15-8-13(10-19-11-15)12-6-7-17(9-12,16(20)21)14-4-2-1-3-5-14/h1-5,8-11H,6-7H2,(H,20,21). The highest BCUT2D eigenvalue weighted by atomic mass is 19.1. The van der Waals surface area contributed by atoms with Crippen LogP contribution < -0.4 is 0 Å². The van der Waals surface area contributed by atoms with Crippen molar-refractivity contribution in [2.75, 3.05) is 0 Å². The average molecular weight is 283 g/mol. The number of benzene rings is 1. The number of pyridine rings is 1. The van der Waals surface area contributed by atoms with Crippen molar-refractivity contribution in [3.05, 3.63) is 71.8 Å². The van der Waals surface area contributed by atoms with Crippen LogP contribution in [0.4, 0.5) is 4.39 Å². The number of carboxylic acids is 1. The first-order chi connectivity index (χ1) is 10.1.